The molecule has 1 aromatic heterocycles. The quantitative estimate of drug-likeness (QED) is 0.673. The van der Waals surface area contributed by atoms with Gasteiger partial charge in [-0.15, -0.1) is 0 Å². The lowest BCUT2D eigenvalue weighted by Gasteiger charge is -2.21. The fraction of sp³-hybridized carbons (Fsp3) is 0.350. The maximum atomic E-state index is 12.1. The van der Waals surface area contributed by atoms with Crippen molar-refractivity contribution in [3.8, 4) is 11.3 Å². The second-order valence-electron chi connectivity index (χ2n) is 6.17. The second-order valence-corrected chi connectivity index (χ2v) is 6.58. The van der Waals surface area contributed by atoms with Crippen LogP contribution in [0.2, 0.25) is 5.02 Å². The molecule has 28 heavy (non-hydrogen) atoms. The third-order valence-electron chi connectivity index (χ3n) is 4.27. The highest BCUT2D eigenvalue weighted by Gasteiger charge is 2.27. The van der Waals surface area contributed by atoms with Crippen molar-refractivity contribution in [3.05, 3.63) is 47.2 Å². The number of nitrogens with one attached hydrogen (secondary N) is 1. The van der Waals surface area contributed by atoms with Crippen molar-refractivity contribution >= 4 is 29.4 Å². The summed E-state index contributed by atoms with van der Waals surface area (Å²) in [6.07, 6.45) is 0.664. The number of esters is 2. The molecule has 1 aromatic carbocycles. The molecule has 7 nitrogen and oxygen atoms in total. The molecule has 0 saturated carbocycles. The molecular formula is C20H22ClNO6. The molecule has 0 saturated heterocycles. The summed E-state index contributed by atoms with van der Waals surface area (Å²) in [5.74, 6) is -1.74. The minimum atomic E-state index is -0.809. The average Bonchev–Trinajstić information content (AvgIpc) is 3.19. The smallest absolute Gasteiger partial charge is 0.374 e. The van der Waals surface area contributed by atoms with Crippen molar-refractivity contribution in [3.63, 3.8) is 0 Å². The van der Waals surface area contributed by atoms with Crippen molar-refractivity contribution in [2.24, 2.45) is 5.92 Å². The van der Waals surface area contributed by atoms with Gasteiger partial charge in [-0.05, 0) is 30.2 Å². The van der Waals surface area contributed by atoms with Gasteiger partial charge in [0.25, 0.3) is 5.91 Å². The van der Waals surface area contributed by atoms with Gasteiger partial charge in [-0.1, -0.05) is 44.0 Å². The number of halogens is 1. The van der Waals surface area contributed by atoms with Crippen molar-refractivity contribution in [1.29, 1.82) is 0 Å². The first kappa shape index (κ1) is 21.5. The Morgan fingerprint density at radius 1 is 1.18 bits per heavy atom. The average molecular weight is 408 g/mol. The first-order valence-corrected chi connectivity index (χ1v) is 9.14. The van der Waals surface area contributed by atoms with Crippen molar-refractivity contribution in [2.45, 2.75) is 26.3 Å². The molecule has 0 fully saturated rings. The molecule has 0 radical (unpaired) electrons. The minimum Gasteiger partial charge on any atom is -0.467 e. The van der Waals surface area contributed by atoms with E-state index in [1.165, 1.54) is 13.2 Å². The maximum Gasteiger partial charge on any atom is 0.374 e. The summed E-state index contributed by atoms with van der Waals surface area (Å²) in [6, 6.07) is 9.26. The summed E-state index contributed by atoms with van der Waals surface area (Å²) in [7, 11) is 1.25. The van der Waals surface area contributed by atoms with Crippen LogP contribution in [-0.4, -0.2) is 37.6 Å². The molecule has 0 aliphatic rings. The molecule has 1 amide bonds. The van der Waals surface area contributed by atoms with Crippen LogP contribution in [0.4, 0.5) is 0 Å². The highest BCUT2D eigenvalue weighted by atomic mass is 35.5. The Kier molecular flexibility index (Phi) is 7.63. The van der Waals surface area contributed by atoms with Gasteiger partial charge in [0, 0.05) is 5.56 Å². The van der Waals surface area contributed by atoms with Gasteiger partial charge < -0.3 is 19.2 Å². The monoisotopic (exact) mass is 407 g/mol. The standard InChI is InChI=1S/C20H22ClNO6/c1-4-12(2)18(20(25)26-3)22-17(23)11-27-19(24)16-10-9-15(28-16)13-7-5-6-8-14(13)21/h5-10,12,18H,4,11H2,1-3H3,(H,22,23)/t12-,18+/m1/s1. The Hall–Kier alpha value is -2.80. The number of ether oxygens (including phenoxy) is 2. The summed E-state index contributed by atoms with van der Waals surface area (Å²) in [5, 5.41) is 3.01. The Labute approximate surface area is 167 Å². The summed E-state index contributed by atoms with van der Waals surface area (Å²) in [5.41, 5.74) is 0.635. The van der Waals surface area contributed by atoms with Crippen LogP contribution in [0.25, 0.3) is 11.3 Å². The van der Waals surface area contributed by atoms with Crippen molar-refractivity contribution < 1.29 is 28.3 Å². The van der Waals surface area contributed by atoms with E-state index >= 15 is 0 Å². The van der Waals surface area contributed by atoms with Crippen LogP contribution in [0.3, 0.4) is 0 Å². The molecule has 2 atom stereocenters. The van der Waals surface area contributed by atoms with Crippen LogP contribution in [0.1, 0.15) is 30.8 Å². The predicted octanol–water partition coefficient (Wildman–Crippen LogP) is 3.46. The largest absolute Gasteiger partial charge is 0.467 e. The zero-order valence-corrected chi connectivity index (χ0v) is 16.6. The third-order valence-corrected chi connectivity index (χ3v) is 4.60. The van der Waals surface area contributed by atoms with Gasteiger partial charge in [0.2, 0.25) is 5.76 Å². The van der Waals surface area contributed by atoms with E-state index in [-0.39, 0.29) is 11.7 Å². The number of rotatable bonds is 8. The molecule has 0 aliphatic carbocycles. The van der Waals surface area contributed by atoms with Gasteiger partial charge in [0.05, 0.1) is 12.1 Å². The van der Waals surface area contributed by atoms with Crippen molar-refractivity contribution in [2.75, 3.05) is 13.7 Å². The van der Waals surface area contributed by atoms with E-state index in [2.05, 4.69) is 5.32 Å². The molecular weight excluding hydrogens is 386 g/mol. The Bertz CT molecular complexity index is 847. The predicted molar refractivity (Wildman–Crippen MR) is 103 cm³/mol. The molecule has 150 valence electrons. The zero-order chi connectivity index (χ0) is 20.7. The number of methoxy groups -OCH3 is 1. The highest BCUT2D eigenvalue weighted by Crippen LogP contribution is 2.29. The number of amides is 1. The number of carbonyl (C=O) groups is 3. The molecule has 0 spiro atoms. The lowest BCUT2D eigenvalue weighted by molar-refractivity contribution is -0.147. The van der Waals surface area contributed by atoms with Gasteiger partial charge in [-0.3, -0.25) is 4.79 Å². The van der Waals surface area contributed by atoms with Crippen LogP contribution in [-0.2, 0) is 19.1 Å². The molecule has 0 aliphatic heterocycles. The number of hydrogen-bond acceptors (Lipinski definition) is 6. The summed E-state index contributed by atoms with van der Waals surface area (Å²) < 4.78 is 15.1. The molecule has 0 bridgehead atoms. The fourth-order valence-corrected chi connectivity index (χ4v) is 2.70. The first-order valence-electron chi connectivity index (χ1n) is 8.76. The molecule has 8 heteroatoms. The summed E-state index contributed by atoms with van der Waals surface area (Å²) in [6.45, 7) is 3.15. The molecule has 1 heterocycles. The van der Waals surface area contributed by atoms with Gasteiger partial charge in [-0.2, -0.15) is 0 Å². The molecule has 0 unspecified atom stereocenters. The fourth-order valence-electron chi connectivity index (χ4n) is 2.47. The zero-order valence-electron chi connectivity index (χ0n) is 15.9. The topological polar surface area (TPSA) is 94.8 Å². The Balaban J connectivity index is 1.96. The van der Waals surface area contributed by atoms with E-state index in [1.807, 2.05) is 13.8 Å². The van der Waals surface area contributed by atoms with Crippen LogP contribution in [0.15, 0.2) is 40.8 Å². The van der Waals surface area contributed by atoms with Gasteiger partial charge >= 0.3 is 11.9 Å². The van der Waals surface area contributed by atoms with Crippen LogP contribution in [0, 0.1) is 5.92 Å². The van der Waals surface area contributed by atoms with Crippen LogP contribution in [0.5, 0.6) is 0 Å². The lowest BCUT2D eigenvalue weighted by atomic mass is 9.99. The van der Waals surface area contributed by atoms with E-state index in [0.717, 1.165) is 0 Å². The first-order chi connectivity index (χ1) is 13.4. The molecule has 1 N–H and O–H groups in total. The third kappa shape index (κ3) is 5.36. The number of carbonyl (C=O) groups excluding carboxylic acids is 3. The van der Waals surface area contributed by atoms with Gasteiger partial charge in [0.1, 0.15) is 11.8 Å². The van der Waals surface area contributed by atoms with E-state index in [0.29, 0.717) is 22.8 Å². The van der Waals surface area contributed by atoms with E-state index in [4.69, 9.17) is 25.5 Å². The molecule has 2 rings (SSSR count). The summed E-state index contributed by atoms with van der Waals surface area (Å²) >= 11 is 6.11. The normalized spacial score (nSPS) is 12.7. The Morgan fingerprint density at radius 3 is 2.54 bits per heavy atom. The Morgan fingerprint density at radius 2 is 1.89 bits per heavy atom. The number of hydrogen-bond donors (Lipinski definition) is 1. The van der Waals surface area contributed by atoms with Crippen molar-refractivity contribution in [1.82, 2.24) is 5.32 Å². The van der Waals surface area contributed by atoms with Gasteiger partial charge in [-0.25, -0.2) is 9.59 Å². The summed E-state index contributed by atoms with van der Waals surface area (Å²) in [4.78, 5) is 36.0. The maximum absolute atomic E-state index is 12.1. The van der Waals surface area contributed by atoms with Crippen LogP contribution < -0.4 is 5.32 Å². The number of furan rings is 1. The van der Waals surface area contributed by atoms with Gasteiger partial charge in [0.15, 0.2) is 6.61 Å². The van der Waals surface area contributed by atoms with Crippen LogP contribution >= 0.6 is 11.6 Å². The van der Waals surface area contributed by atoms with E-state index < -0.39 is 30.5 Å². The molecule has 2 aromatic rings. The SMILES string of the molecule is CC[C@@H](C)[C@H](NC(=O)COC(=O)c1ccc(-c2ccccc2Cl)o1)C(=O)OC. The highest BCUT2D eigenvalue weighted by molar-refractivity contribution is 6.33. The second kappa shape index (κ2) is 9.94. The number of benzene rings is 1. The minimum absolute atomic E-state index is 0.0610. The lowest BCUT2D eigenvalue weighted by Crippen LogP contribution is -2.47. The van der Waals surface area contributed by atoms with E-state index in [1.54, 1.807) is 30.3 Å². The van der Waals surface area contributed by atoms with E-state index in [9.17, 15) is 14.4 Å².